The molecule has 0 bridgehead atoms. The summed E-state index contributed by atoms with van der Waals surface area (Å²) in [4.78, 5) is 37.2. The van der Waals surface area contributed by atoms with Crippen LogP contribution >= 0.6 is 34.3 Å². The van der Waals surface area contributed by atoms with E-state index in [1.165, 1.54) is 29.6 Å². The van der Waals surface area contributed by atoms with Crippen molar-refractivity contribution in [1.29, 1.82) is 0 Å². The topological polar surface area (TPSA) is 72.5 Å². The fourth-order valence-corrected chi connectivity index (χ4v) is 4.77. The highest BCUT2D eigenvalue weighted by molar-refractivity contribution is 7.21. The Morgan fingerprint density at radius 3 is 2.63 bits per heavy atom. The van der Waals surface area contributed by atoms with Crippen molar-refractivity contribution in [3.63, 3.8) is 0 Å². The van der Waals surface area contributed by atoms with E-state index >= 15 is 0 Å². The number of carbonyl (C=O) groups excluding carboxylic acids is 3. The molecule has 0 spiro atoms. The third-order valence-corrected chi connectivity index (χ3v) is 6.58. The number of ether oxygens (including phenoxy) is 1. The van der Waals surface area contributed by atoms with Crippen molar-refractivity contribution in [2.24, 2.45) is 0 Å². The lowest BCUT2D eigenvalue weighted by Gasteiger charge is -2.02. The minimum Gasteiger partial charge on any atom is -0.453 e. The first-order valence-corrected chi connectivity index (χ1v) is 10.2. The maximum absolute atomic E-state index is 12.3. The third kappa shape index (κ3) is 4.74. The first kappa shape index (κ1) is 19.5. The highest BCUT2D eigenvalue weighted by Gasteiger charge is 2.20. The van der Waals surface area contributed by atoms with Gasteiger partial charge in [-0.05, 0) is 24.6 Å². The van der Waals surface area contributed by atoms with Crippen LogP contribution in [-0.4, -0.2) is 30.8 Å². The minimum absolute atomic E-state index is 0.0883. The molecule has 0 fully saturated rings. The summed E-state index contributed by atoms with van der Waals surface area (Å²) in [6.45, 7) is 1.64. The van der Waals surface area contributed by atoms with Gasteiger partial charge in [0.25, 0.3) is 0 Å². The van der Waals surface area contributed by atoms with E-state index in [0.717, 1.165) is 15.0 Å². The van der Waals surface area contributed by atoms with Crippen LogP contribution in [0.1, 0.15) is 31.1 Å². The molecular formula is C19H16ClNO4S2. The molecule has 2 aromatic heterocycles. The highest BCUT2D eigenvalue weighted by Crippen LogP contribution is 2.35. The van der Waals surface area contributed by atoms with Gasteiger partial charge in [-0.1, -0.05) is 29.8 Å². The second-order valence-corrected chi connectivity index (χ2v) is 8.34. The van der Waals surface area contributed by atoms with Crippen molar-refractivity contribution in [3.05, 3.63) is 56.1 Å². The van der Waals surface area contributed by atoms with Crippen LogP contribution in [0.4, 0.5) is 0 Å². The first-order chi connectivity index (χ1) is 13.0. The molecule has 2 heterocycles. The minimum atomic E-state index is -0.600. The molecule has 1 aromatic carbocycles. The van der Waals surface area contributed by atoms with Gasteiger partial charge in [0.2, 0.25) is 11.7 Å². The normalized spacial score (nSPS) is 10.7. The summed E-state index contributed by atoms with van der Waals surface area (Å²) < 4.78 is 6.06. The molecule has 140 valence electrons. The van der Waals surface area contributed by atoms with Gasteiger partial charge < -0.3 is 10.1 Å². The Bertz CT molecular complexity index is 1010. The van der Waals surface area contributed by atoms with Gasteiger partial charge in [0.1, 0.15) is 4.88 Å². The largest absolute Gasteiger partial charge is 0.453 e. The fraction of sp³-hybridized carbons (Fsp3) is 0.211. The van der Waals surface area contributed by atoms with Gasteiger partial charge in [-0.25, -0.2) is 4.79 Å². The van der Waals surface area contributed by atoms with Crippen LogP contribution < -0.4 is 5.32 Å². The lowest BCUT2D eigenvalue weighted by atomic mass is 10.2. The number of carbonyl (C=O) groups is 3. The van der Waals surface area contributed by atoms with Gasteiger partial charge in [-0.15, -0.1) is 22.7 Å². The number of rotatable bonds is 7. The summed E-state index contributed by atoms with van der Waals surface area (Å²) in [6, 6.07) is 11.0. The Kier molecular flexibility index (Phi) is 6.26. The number of hydrogen-bond acceptors (Lipinski definition) is 6. The van der Waals surface area contributed by atoms with Crippen molar-refractivity contribution in [1.82, 2.24) is 5.32 Å². The number of ketones is 1. The van der Waals surface area contributed by atoms with Gasteiger partial charge in [0, 0.05) is 28.4 Å². The summed E-state index contributed by atoms with van der Waals surface area (Å²) in [5.74, 6) is -0.956. The molecule has 1 N–H and O–H groups in total. The molecule has 0 saturated carbocycles. The lowest BCUT2D eigenvalue weighted by molar-refractivity contribution is -0.118. The number of nitrogens with one attached hydrogen (secondary N) is 1. The third-order valence-electron chi connectivity index (χ3n) is 3.74. The van der Waals surface area contributed by atoms with Gasteiger partial charge in [-0.2, -0.15) is 0 Å². The van der Waals surface area contributed by atoms with Gasteiger partial charge >= 0.3 is 5.97 Å². The number of fused-ring (bicyclic) bond motifs is 1. The van der Waals surface area contributed by atoms with E-state index in [2.05, 4.69) is 5.32 Å². The second-order valence-electron chi connectivity index (χ2n) is 5.74. The molecule has 5 nitrogen and oxygen atoms in total. The number of benzene rings is 1. The van der Waals surface area contributed by atoms with E-state index in [4.69, 9.17) is 16.3 Å². The standard InChI is InChI=1S/C19H16ClNO4S2/c1-11(22)21-9-8-12-6-7-16(26-12)14(23)10-25-19(24)18-17(20)13-4-2-3-5-15(13)27-18/h2-7H,8-10H2,1H3,(H,21,22). The number of hydrogen-bond donors (Lipinski definition) is 1. The van der Waals surface area contributed by atoms with Crippen LogP contribution in [0.15, 0.2) is 36.4 Å². The van der Waals surface area contributed by atoms with Crippen molar-refractivity contribution in [2.75, 3.05) is 13.2 Å². The summed E-state index contributed by atoms with van der Waals surface area (Å²) >= 11 is 8.83. The molecule has 8 heteroatoms. The van der Waals surface area contributed by atoms with E-state index in [1.54, 1.807) is 6.07 Å². The predicted octanol–water partition coefficient (Wildman–Crippen LogP) is 4.33. The van der Waals surface area contributed by atoms with E-state index in [0.29, 0.717) is 27.7 Å². The van der Waals surface area contributed by atoms with Crippen molar-refractivity contribution >= 4 is 62.0 Å². The molecule has 0 saturated heterocycles. The van der Waals surface area contributed by atoms with Gasteiger partial charge in [-0.3, -0.25) is 9.59 Å². The Morgan fingerprint density at radius 1 is 1.11 bits per heavy atom. The van der Waals surface area contributed by atoms with Crippen molar-refractivity contribution < 1.29 is 19.1 Å². The van der Waals surface area contributed by atoms with Crippen LogP contribution in [0.25, 0.3) is 10.1 Å². The van der Waals surface area contributed by atoms with Crippen molar-refractivity contribution in [2.45, 2.75) is 13.3 Å². The van der Waals surface area contributed by atoms with Crippen LogP contribution in [0.3, 0.4) is 0 Å². The molecule has 27 heavy (non-hydrogen) atoms. The number of amides is 1. The smallest absolute Gasteiger partial charge is 0.350 e. The van der Waals surface area contributed by atoms with Crippen molar-refractivity contribution in [3.8, 4) is 0 Å². The maximum atomic E-state index is 12.3. The van der Waals surface area contributed by atoms with Gasteiger partial charge in [0.05, 0.1) is 9.90 Å². The maximum Gasteiger partial charge on any atom is 0.350 e. The van der Waals surface area contributed by atoms with Crippen LogP contribution in [0.2, 0.25) is 5.02 Å². The number of Topliss-reactive ketones (excluding diaryl/α,β-unsaturated/α-hetero) is 1. The van der Waals surface area contributed by atoms with E-state index in [-0.39, 0.29) is 18.3 Å². The molecule has 0 unspecified atom stereocenters. The summed E-state index contributed by atoms with van der Waals surface area (Å²) in [5, 5.41) is 3.86. The Labute approximate surface area is 168 Å². The summed E-state index contributed by atoms with van der Waals surface area (Å²) in [6.07, 6.45) is 0.648. The average Bonchev–Trinajstić information content (AvgIpc) is 3.24. The molecule has 0 aliphatic carbocycles. The molecular weight excluding hydrogens is 406 g/mol. The quantitative estimate of drug-likeness (QED) is 0.455. The zero-order valence-corrected chi connectivity index (χ0v) is 16.8. The molecule has 1 amide bonds. The van der Waals surface area contributed by atoms with Crippen LogP contribution in [-0.2, 0) is 16.0 Å². The molecule has 0 radical (unpaired) electrons. The average molecular weight is 422 g/mol. The van der Waals surface area contributed by atoms with E-state index < -0.39 is 5.97 Å². The molecule has 0 atom stereocenters. The number of halogens is 1. The monoisotopic (exact) mass is 421 g/mol. The summed E-state index contributed by atoms with van der Waals surface area (Å²) in [7, 11) is 0. The lowest BCUT2D eigenvalue weighted by Crippen LogP contribution is -2.22. The molecule has 3 rings (SSSR count). The van der Waals surface area contributed by atoms with E-state index in [9.17, 15) is 14.4 Å². The predicted molar refractivity (Wildman–Crippen MR) is 108 cm³/mol. The van der Waals surface area contributed by atoms with E-state index in [1.807, 2.05) is 30.3 Å². The Hall–Kier alpha value is -2.22. The fourth-order valence-electron chi connectivity index (χ4n) is 2.44. The van der Waals surface area contributed by atoms with Crippen LogP contribution in [0.5, 0.6) is 0 Å². The Balaban J connectivity index is 1.58. The first-order valence-electron chi connectivity index (χ1n) is 8.16. The zero-order valence-electron chi connectivity index (χ0n) is 14.4. The number of thiophene rings is 2. The van der Waals surface area contributed by atoms with Crippen LogP contribution in [0, 0.1) is 0 Å². The Morgan fingerprint density at radius 2 is 1.89 bits per heavy atom. The summed E-state index contributed by atoms with van der Waals surface area (Å²) in [5.41, 5.74) is 0. The molecule has 0 aliphatic heterocycles. The zero-order chi connectivity index (χ0) is 19.4. The molecule has 0 aliphatic rings. The van der Waals surface area contributed by atoms with Gasteiger partial charge in [0.15, 0.2) is 6.61 Å². The highest BCUT2D eigenvalue weighted by atomic mass is 35.5. The second kappa shape index (κ2) is 8.65. The molecule has 3 aromatic rings. The SMILES string of the molecule is CC(=O)NCCc1ccc(C(=O)COC(=O)c2sc3ccccc3c2Cl)s1. The number of esters is 1.